The van der Waals surface area contributed by atoms with E-state index in [0.717, 1.165) is 6.07 Å². The molecule has 0 bridgehead atoms. The van der Waals surface area contributed by atoms with E-state index in [0.29, 0.717) is 5.56 Å². The molecular weight excluding hydrogens is 265 g/mol. The predicted octanol–water partition coefficient (Wildman–Crippen LogP) is 0.169. The van der Waals surface area contributed by atoms with Gasteiger partial charge in [-0.05, 0) is 24.1 Å². The Morgan fingerprint density at radius 3 is 2.75 bits per heavy atom. The number of rotatable bonds is 1. The highest BCUT2D eigenvalue weighted by molar-refractivity contribution is 6.05. The maximum Gasteiger partial charge on any atom is 0.255 e. The second-order valence-electron chi connectivity index (χ2n) is 4.93. The maximum absolute atomic E-state index is 13.4. The number of nitrogens with two attached hydrogens (primary N) is 1. The number of fused-ring (bicyclic) bond motifs is 1. The number of anilines is 1. The molecule has 3 N–H and O–H groups in total. The van der Waals surface area contributed by atoms with Crippen molar-refractivity contribution in [1.82, 2.24) is 10.2 Å². The smallest absolute Gasteiger partial charge is 0.255 e. The van der Waals surface area contributed by atoms with E-state index < -0.39 is 23.7 Å². The van der Waals surface area contributed by atoms with Crippen LogP contribution in [-0.2, 0) is 16.1 Å². The van der Waals surface area contributed by atoms with Gasteiger partial charge in [-0.3, -0.25) is 19.7 Å². The van der Waals surface area contributed by atoms with Gasteiger partial charge < -0.3 is 10.6 Å². The number of nitrogen functional groups attached to an aromatic ring is 1. The minimum atomic E-state index is -0.697. The molecule has 2 heterocycles. The largest absolute Gasteiger partial charge is 0.396 e. The summed E-state index contributed by atoms with van der Waals surface area (Å²) in [6.07, 6.45) is 0.468. The lowest BCUT2D eigenvalue weighted by Gasteiger charge is -2.29. The number of nitrogens with zero attached hydrogens (tertiary/aromatic N) is 1. The molecule has 2 aliphatic rings. The highest BCUT2D eigenvalue weighted by Crippen LogP contribution is 2.29. The molecular formula is C13H12FN3O3. The van der Waals surface area contributed by atoms with Gasteiger partial charge in [0.15, 0.2) is 0 Å². The molecule has 0 spiro atoms. The number of piperidine rings is 1. The first-order valence-electron chi connectivity index (χ1n) is 6.20. The summed E-state index contributed by atoms with van der Waals surface area (Å²) in [5.74, 6) is -1.89. The second kappa shape index (κ2) is 4.29. The van der Waals surface area contributed by atoms with Crippen molar-refractivity contribution in [2.24, 2.45) is 0 Å². The number of amides is 3. The molecule has 1 aromatic rings. The molecule has 0 saturated carbocycles. The van der Waals surface area contributed by atoms with E-state index in [9.17, 15) is 18.8 Å². The minimum absolute atomic E-state index is 0.0262. The monoisotopic (exact) mass is 277 g/mol. The Kier molecular flexibility index (Phi) is 2.70. The van der Waals surface area contributed by atoms with Gasteiger partial charge >= 0.3 is 0 Å². The SMILES string of the molecule is Nc1cc2c(cc1F)C(=O)N([C@H]1CCC(=O)NC1=O)C2. The van der Waals surface area contributed by atoms with Crippen molar-refractivity contribution in [3.63, 3.8) is 0 Å². The average Bonchev–Trinajstić information content (AvgIpc) is 2.68. The standard InChI is InChI=1S/C13H12FN3O3/c14-8-4-7-6(3-9(8)15)5-17(13(7)20)10-1-2-11(18)16-12(10)19/h3-4,10H,1-2,5,15H2,(H,16,18,19)/t10-/m0/s1. The summed E-state index contributed by atoms with van der Waals surface area (Å²) in [5, 5.41) is 2.21. The van der Waals surface area contributed by atoms with Crippen molar-refractivity contribution in [3.05, 3.63) is 29.1 Å². The van der Waals surface area contributed by atoms with E-state index >= 15 is 0 Å². The number of imide groups is 1. The van der Waals surface area contributed by atoms with Gasteiger partial charge in [0.1, 0.15) is 11.9 Å². The van der Waals surface area contributed by atoms with Gasteiger partial charge in [0.2, 0.25) is 11.8 Å². The molecule has 2 aliphatic heterocycles. The predicted molar refractivity (Wildman–Crippen MR) is 66.9 cm³/mol. The second-order valence-corrected chi connectivity index (χ2v) is 4.93. The topological polar surface area (TPSA) is 92.5 Å². The molecule has 6 nitrogen and oxygen atoms in total. The van der Waals surface area contributed by atoms with Crippen LogP contribution in [0.25, 0.3) is 0 Å². The zero-order valence-corrected chi connectivity index (χ0v) is 10.5. The summed E-state index contributed by atoms with van der Waals surface area (Å²) in [6, 6.07) is 1.81. The molecule has 1 aromatic carbocycles. The van der Waals surface area contributed by atoms with Crippen molar-refractivity contribution in [2.75, 3.05) is 5.73 Å². The van der Waals surface area contributed by atoms with Gasteiger partial charge in [-0.25, -0.2) is 4.39 Å². The van der Waals surface area contributed by atoms with Crippen molar-refractivity contribution >= 4 is 23.4 Å². The minimum Gasteiger partial charge on any atom is -0.396 e. The van der Waals surface area contributed by atoms with Crippen LogP contribution in [0, 0.1) is 5.82 Å². The zero-order chi connectivity index (χ0) is 14.4. The maximum atomic E-state index is 13.4. The molecule has 104 valence electrons. The van der Waals surface area contributed by atoms with Crippen LogP contribution in [0.4, 0.5) is 10.1 Å². The summed E-state index contributed by atoms with van der Waals surface area (Å²) in [6.45, 7) is 0.199. The van der Waals surface area contributed by atoms with E-state index in [4.69, 9.17) is 5.73 Å². The van der Waals surface area contributed by atoms with Crippen molar-refractivity contribution in [1.29, 1.82) is 0 Å². The van der Waals surface area contributed by atoms with Crippen LogP contribution in [0.5, 0.6) is 0 Å². The summed E-state index contributed by atoms with van der Waals surface area (Å²) >= 11 is 0. The fourth-order valence-corrected chi connectivity index (χ4v) is 2.61. The van der Waals surface area contributed by atoms with Gasteiger partial charge in [-0.15, -0.1) is 0 Å². The Morgan fingerprint density at radius 1 is 1.30 bits per heavy atom. The summed E-state index contributed by atoms with van der Waals surface area (Å²) in [5.41, 5.74) is 6.27. The van der Waals surface area contributed by atoms with Gasteiger partial charge in [-0.1, -0.05) is 0 Å². The lowest BCUT2D eigenvalue weighted by Crippen LogP contribution is -2.52. The number of halogens is 1. The van der Waals surface area contributed by atoms with Crippen LogP contribution in [0.15, 0.2) is 12.1 Å². The Bertz CT molecular complexity index is 644. The summed E-state index contributed by atoms with van der Waals surface area (Å²) < 4.78 is 13.4. The third kappa shape index (κ3) is 1.82. The third-order valence-electron chi connectivity index (χ3n) is 3.64. The van der Waals surface area contributed by atoms with Gasteiger partial charge in [0.25, 0.3) is 5.91 Å². The molecule has 0 unspecified atom stereocenters. The molecule has 3 rings (SSSR count). The first kappa shape index (κ1) is 12.6. The number of carbonyl (C=O) groups is 3. The number of hydrogen-bond acceptors (Lipinski definition) is 4. The molecule has 1 fully saturated rings. The lowest BCUT2D eigenvalue weighted by atomic mass is 10.0. The van der Waals surface area contributed by atoms with Crippen LogP contribution in [0.1, 0.15) is 28.8 Å². The van der Waals surface area contributed by atoms with Crippen LogP contribution < -0.4 is 11.1 Å². The number of hydrogen-bond donors (Lipinski definition) is 2. The molecule has 3 amide bonds. The fourth-order valence-electron chi connectivity index (χ4n) is 2.61. The van der Waals surface area contributed by atoms with E-state index in [1.54, 1.807) is 0 Å². The molecule has 0 aromatic heterocycles. The number of nitrogens with one attached hydrogen (secondary N) is 1. The summed E-state index contributed by atoms with van der Waals surface area (Å²) in [7, 11) is 0. The molecule has 0 aliphatic carbocycles. The Morgan fingerprint density at radius 2 is 2.05 bits per heavy atom. The van der Waals surface area contributed by atoms with Gasteiger partial charge in [0, 0.05) is 18.5 Å². The van der Waals surface area contributed by atoms with Gasteiger partial charge in [-0.2, -0.15) is 0 Å². The Labute approximate surface area is 113 Å². The highest BCUT2D eigenvalue weighted by atomic mass is 19.1. The van der Waals surface area contributed by atoms with Crippen LogP contribution in [-0.4, -0.2) is 28.7 Å². The normalized spacial score (nSPS) is 21.9. The lowest BCUT2D eigenvalue weighted by molar-refractivity contribution is -0.136. The van der Waals surface area contributed by atoms with Gasteiger partial charge in [0.05, 0.1) is 5.69 Å². The quantitative estimate of drug-likeness (QED) is 0.565. The molecule has 1 saturated heterocycles. The highest BCUT2D eigenvalue weighted by Gasteiger charge is 2.39. The summed E-state index contributed by atoms with van der Waals surface area (Å²) in [4.78, 5) is 36.5. The van der Waals surface area contributed by atoms with E-state index in [1.807, 2.05) is 0 Å². The average molecular weight is 277 g/mol. The first-order valence-corrected chi connectivity index (χ1v) is 6.20. The molecule has 1 atom stereocenters. The van der Waals surface area contributed by atoms with E-state index in [1.165, 1.54) is 11.0 Å². The van der Waals surface area contributed by atoms with E-state index in [2.05, 4.69) is 5.32 Å². The van der Waals surface area contributed by atoms with Crippen LogP contribution >= 0.6 is 0 Å². The Hall–Kier alpha value is -2.44. The van der Waals surface area contributed by atoms with Crippen LogP contribution in [0.3, 0.4) is 0 Å². The van der Waals surface area contributed by atoms with E-state index in [-0.39, 0.29) is 36.5 Å². The fraction of sp³-hybridized carbons (Fsp3) is 0.308. The first-order chi connectivity index (χ1) is 9.47. The van der Waals surface area contributed by atoms with Crippen LogP contribution in [0.2, 0.25) is 0 Å². The zero-order valence-electron chi connectivity index (χ0n) is 10.5. The Balaban J connectivity index is 1.90. The molecule has 0 radical (unpaired) electrons. The molecule has 7 heteroatoms. The number of benzene rings is 1. The van der Waals surface area contributed by atoms with Crippen molar-refractivity contribution < 1.29 is 18.8 Å². The van der Waals surface area contributed by atoms with Crippen molar-refractivity contribution in [2.45, 2.75) is 25.4 Å². The number of carbonyl (C=O) groups excluding carboxylic acids is 3. The van der Waals surface area contributed by atoms with Crippen molar-refractivity contribution in [3.8, 4) is 0 Å². The third-order valence-corrected chi connectivity index (χ3v) is 3.64. The molecule has 20 heavy (non-hydrogen) atoms.